The zero-order valence-electron chi connectivity index (χ0n) is 7.11. The van der Waals surface area contributed by atoms with Crippen molar-refractivity contribution in [1.29, 1.82) is 0 Å². The fraction of sp³-hybridized carbons (Fsp3) is 0.364. The van der Waals surface area contributed by atoms with Crippen LogP contribution in [0.25, 0.3) is 0 Å². The molecule has 0 radical (unpaired) electrons. The molecule has 1 aliphatic carbocycles. The van der Waals surface area contributed by atoms with Crippen molar-refractivity contribution in [3.05, 3.63) is 35.9 Å². The third-order valence-electron chi connectivity index (χ3n) is 2.05. The van der Waals surface area contributed by atoms with E-state index in [2.05, 4.69) is 35.5 Å². The number of rotatable bonds is 3. The normalized spacial score (nSPS) is 17.0. The van der Waals surface area contributed by atoms with Crippen LogP contribution in [-0.4, -0.2) is 6.21 Å². The van der Waals surface area contributed by atoms with E-state index in [-0.39, 0.29) is 0 Å². The van der Waals surface area contributed by atoms with Crippen LogP contribution in [0.4, 0.5) is 0 Å². The fourth-order valence-electron chi connectivity index (χ4n) is 1.14. The van der Waals surface area contributed by atoms with Crippen LogP contribution in [0.5, 0.6) is 0 Å². The molecule has 1 saturated carbocycles. The molecule has 0 heterocycles. The quantitative estimate of drug-likeness (QED) is 0.601. The molecule has 0 amide bonds. The summed E-state index contributed by atoms with van der Waals surface area (Å²) < 4.78 is 0. The molecule has 0 N–H and O–H groups in total. The van der Waals surface area contributed by atoms with Gasteiger partial charge in [-0.2, -0.15) is 0 Å². The van der Waals surface area contributed by atoms with Crippen LogP contribution in [-0.2, 0) is 6.54 Å². The third-order valence-corrected chi connectivity index (χ3v) is 2.05. The van der Waals surface area contributed by atoms with Gasteiger partial charge in [-0.3, -0.25) is 4.99 Å². The predicted octanol–water partition coefficient (Wildman–Crippen LogP) is 2.67. The van der Waals surface area contributed by atoms with Crippen LogP contribution >= 0.6 is 0 Å². The molecule has 0 saturated heterocycles. The molecule has 0 spiro atoms. The summed E-state index contributed by atoms with van der Waals surface area (Å²) in [4.78, 5) is 4.38. The summed E-state index contributed by atoms with van der Waals surface area (Å²) in [6.45, 7) is 0.845. The number of benzene rings is 1. The first-order valence-electron chi connectivity index (χ1n) is 4.49. The van der Waals surface area contributed by atoms with Gasteiger partial charge in [0.1, 0.15) is 0 Å². The Bertz CT molecular complexity index is 260. The molecule has 1 aliphatic rings. The van der Waals surface area contributed by atoms with E-state index in [1.54, 1.807) is 0 Å². The van der Waals surface area contributed by atoms with Crippen molar-refractivity contribution in [2.75, 3.05) is 0 Å². The lowest BCUT2D eigenvalue weighted by Gasteiger charge is -1.93. The van der Waals surface area contributed by atoms with Gasteiger partial charge in [0.05, 0.1) is 6.54 Å². The summed E-state index contributed by atoms with van der Waals surface area (Å²) in [5, 5.41) is 0. The number of aliphatic imine (C=N–C) groups is 1. The minimum Gasteiger partial charge on any atom is -0.292 e. The van der Waals surface area contributed by atoms with Gasteiger partial charge in [-0.15, -0.1) is 0 Å². The monoisotopic (exact) mass is 159 g/mol. The van der Waals surface area contributed by atoms with Crippen LogP contribution < -0.4 is 0 Å². The van der Waals surface area contributed by atoms with E-state index in [1.165, 1.54) is 18.4 Å². The molecule has 1 nitrogen and oxygen atoms in total. The smallest absolute Gasteiger partial charge is 0.0635 e. The van der Waals surface area contributed by atoms with Crippen molar-refractivity contribution >= 4 is 6.21 Å². The Labute approximate surface area is 73.1 Å². The van der Waals surface area contributed by atoms with Crippen molar-refractivity contribution in [2.24, 2.45) is 10.9 Å². The van der Waals surface area contributed by atoms with Gasteiger partial charge in [-0.1, -0.05) is 30.3 Å². The van der Waals surface area contributed by atoms with Gasteiger partial charge >= 0.3 is 0 Å². The van der Waals surface area contributed by atoms with Crippen LogP contribution in [0.15, 0.2) is 35.3 Å². The summed E-state index contributed by atoms with van der Waals surface area (Å²) in [6, 6.07) is 10.4. The topological polar surface area (TPSA) is 12.4 Å². The Balaban J connectivity index is 1.86. The van der Waals surface area contributed by atoms with Crippen molar-refractivity contribution in [1.82, 2.24) is 0 Å². The molecule has 0 aromatic heterocycles. The zero-order chi connectivity index (χ0) is 8.23. The maximum absolute atomic E-state index is 4.38. The Morgan fingerprint density at radius 1 is 1.25 bits per heavy atom. The van der Waals surface area contributed by atoms with Crippen LogP contribution in [0.3, 0.4) is 0 Å². The van der Waals surface area contributed by atoms with Gasteiger partial charge in [0.25, 0.3) is 0 Å². The first-order chi connectivity index (χ1) is 5.95. The molecule has 0 atom stereocenters. The lowest BCUT2D eigenvalue weighted by molar-refractivity contribution is 1.05. The second kappa shape index (κ2) is 3.53. The Morgan fingerprint density at radius 3 is 2.67 bits per heavy atom. The van der Waals surface area contributed by atoms with Crippen molar-refractivity contribution in [2.45, 2.75) is 19.4 Å². The number of hydrogen-bond acceptors (Lipinski definition) is 1. The summed E-state index contributed by atoms with van der Waals surface area (Å²) in [6.07, 6.45) is 4.80. The summed E-state index contributed by atoms with van der Waals surface area (Å²) in [5.74, 6) is 0.800. The highest BCUT2D eigenvalue weighted by molar-refractivity contribution is 5.63. The van der Waals surface area contributed by atoms with E-state index < -0.39 is 0 Å². The SMILES string of the molecule is C(=NCc1ccccc1)C1CC1. The molecule has 1 aromatic rings. The van der Waals surface area contributed by atoms with E-state index in [0.717, 1.165) is 12.5 Å². The number of hydrogen-bond donors (Lipinski definition) is 0. The molecular formula is C11H13N. The molecule has 0 aliphatic heterocycles. The molecule has 1 fully saturated rings. The third kappa shape index (κ3) is 2.19. The Hall–Kier alpha value is -1.11. The van der Waals surface area contributed by atoms with E-state index >= 15 is 0 Å². The van der Waals surface area contributed by atoms with Crippen molar-refractivity contribution in [3.8, 4) is 0 Å². The maximum Gasteiger partial charge on any atom is 0.0635 e. The molecule has 0 bridgehead atoms. The molecule has 62 valence electrons. The molecule has 1 heteroatoms. The molecular weight excluding hydrogens is 146 g/mol. The first kappa shape index (κ1) is 7.53. The summed E-state index contributed by atoms with van der Waals surface area (Å²) in [7, 11) is 0. The standard InChI is InChI=1S/C11H13N/c1-2-4-10(5-3-1)8-12-9-11-6-7-11/h1-5,9,11H,6-8H2. The van der Waals surface area contributed by atoms with Crippen molar-refractivity contribution in [3.63, 3.8) is 0 Å². The van der Waals surface area contributed by atoms with Gasteiger partial charge in [0.2, 0.25) is 0 Å². The summed E-state index contributed by atoms with van der Waals surface area (Å²) in [5.41, 5.74) is 1.30. The van der Waals surface area contributed by atoms with Gasteiger partial charge in [-0.05, 0) is 24.3 Å². The highest BCUT2D eigenvalue weighted by Gasteiger charge is 2.17. The van der Waals surface area contributed by atoms with Crippen LogP contribution in [0.2, 0.25) is 0 Å². The molecule has 2 rings (SSSR count). The Morgan fingerprint density at radius 2 is 2.00 bits per heavy atom. The predicted molar refractivity (Wildman–Crippen MR) is 51.4 cm³/mol. The Kier molecular flexibility index (Phi) is 2.21. The summed E-state index contributed by atoms with van der Waals surface area (Å²) >= 11 is 0. The second-order valence-electron chi connectivity index (χ2n) is 3.31. The maximum atomic E-state index is 4.38. The molecule has 0 unspecified atom stereocenters. The van der Waals surface area contributed by atoms with Gasteiger partial charge in [0, 0.05) is 6.21 Å². The second-order valence-corrected chi connectivity index (χ2v) is 3.31. The minimum absolute atomic E-state index is 0.800. The van der Waals surface area contributed by atoms with E-state index in [4.69, 9.17) is 0 Å². The average molecular weight is 159 g/mol. The van der Waals surface area contributed by atoms with Gasteiger partial charge in [-0.25, -0.2) is 0 Å². The fourth-order valence-corrected chi connectivity index (χ4v) is 1.14. The largest absolute Gasteiger partial charge is 0.292 e. The zero-order valence-corrected chi connectivity index (χ0v) is 7.11. The molecule has 1 aromatic carbocycles. The highest BCUT2D eigenvalue weighted by atomic mass is 14.7. The van der Waals surface area contributed by atoms with Gasteiger partial charge in [0.15, 0.2) is 0 Å². The van der Waals surface area contributed by atoms with Crippen LogP contribution in [0, 0.1) is 5.92 Å². The van der Waals surface area contributed by atoms with E-state index in [0.29, 0.717) is 0 Å². The van der Waals surface area contributed by atoms with Crippen LogP contribution in [0.1, 0.15) is 18.4 Å². The van der Waals surface area contributed by atoms with E-state index in [9.17, 15) is 0 Å². The first-order valence-corrected chi connectivity index (χ1v) is 4.49. The van der Waals surface area contributed by atoms with E-state index in [1.807, 2.05) is 6.07 Å². The highest BCUT2D eigenvalue weighted by Crippen LogP contribution is 2.26. The van der Waals surface area contributed by atoms with Gasteiger partial charge < -0.3 is 0 Å². The molecule has 12 heavy (non-hydrogen) atoms. The van der Waals surface area contributed by atoms with Crippen molar-refractivity contribution < 1.29 is 0 Å². The number of nitrogens with zero attached hydrogens (tertiary/aromatic N) is 1. The lowest BCUT2D eigenvalue weighted by atomic mass is 10.2. The minimum atomic E-state index is 0.800. The lowest BCUT2D eigenvalue weighted by Crippen LogP contribution is -1.82. The average Bonchev–Trinajstić information content (AvgIpc) is 2.90.